The lowest BCUT2D eigenvalue weighted by molar-refractivity contribution is -0.127. The first-order chi connectivity index (χ1) is 13.0. The Morgan fingerprint density at radius 3 is 2.48 bits per heavy atom. The van der Waals surface area contributed by atoms with E-state index in [2.05, 4.69) is 10.6 Å². The Kier molecular flexibility index (Phi) is 7.21. The van der Waals surface area contributed by atoms with Gasteiger partial charge >= 0.3 is 6.03 Å². The van der Waals surface area contributed by atoms with E-state index in [1.54, 1.807) is 23.1 Å². The van der Waals surface area contributed by atoms with Crippen molar-refractivity contribution in [3.8, 4) is 0 Å². The second-order valence-electron chi connectivity index (χ2n) is 7.05. The third-order valence-electron chi connectivity index (χ3n) is 5.17. The van der Waals surface area contributed by atoms with Gasteiger partial charge in [-0.2, -0.15) is 0 Å². The van der Waals surface area contributed by atoms with Crippen LogP contribution < -0.4 is 10.6 Å². The number of ether oxygens (including phenoxy) is 1. The fraction of sp³-hybridized carbons (Fsp3) is 0.579. The first kappa shape index (κ1) is 20.2. The minimum absolute atomic E-state index is 0.0254. The van der Waals surface area contributed by atoms with Crippen LogP contribution in [0.2, 0.25) is 10.0 Å². The molecule has 2 aliphatic rings. The first-order valence-electron chi connectivity index (χ1n) is 9.38. The van der Waals surface area contributed by atoms with Gasteiger partial charge in [0.25, 0.3) is 0 Å². The molecule has 0 radical (unpaired) electrons. The van der Waals surface area contributed by atoms with E-state index in [0.717, 1.165) is 18.4 Å². The number of halogens is 2. The maximum Gasteiger partial charge on any atom is 0.317 e. The average molecular weight is 414 g/mol. The number of carbonyl (C=O) groups is 2. The molecule has 0 atom stereocenters. The zero-order valence-electron chi connectivity index (χ0n) is 15.2. The fourth-order valence-electron chi connectivity index (χ4n) is 3.45. The molecule has 148 valence electrons. The zero-order valence-corrected chi connectivity index (χ0v) is 16.7. The predicted octanol–water partition coefficient (Wildman–Crippen LogP) is 3.21. The topological polar surface area (TPSA) is 70.7 Å². The van der Waals surface area contributed by atoms with E-state index < -0.39 is 0 Å². The summed E-state index contributed by atoms with van der Waals surface area (Å²) in [6, 6.07) is 5.30. The molecule has 0 aromatic heterocycles. The van der Waals surface area contributed by atoms with Gasteiger partial charge in [0.1, 0.15) is 0 Å². The maximum atomic E-state index is 12.4. The van der Waals surface area contributed by atoms with Crippen LogP contribution in [0.25, 0.3) is 0 Å². The van der Waals surface area contributed by atoms with Crippen LogP contribution in [-0.4, -0.2) is 49.2 Å². The van der Waals surface area contributed by atoms with E-state index in [0.29, 0.717) is 55.7 Å². The molecule has 2 heterocycles. The number of hydrogen-bond donors (Lipinski definition) is 2. The van der Waals surface area contributed by atoms with Gasteiger partial charge in [0, 0.05) is 54.9 Å². The Bertz CT molecular complexity index is 672. The van der Waals surface area contributed by atoms with E-state index in [9.17, 15) is 9.59 Å². The molecule has 1 aromatic rings. The van der Waals surface area contributed by atoms with Crippen molar-refractivity contribution in [1.82, 2.24) is 15.5 Å². The Labute approximate surface area is 169 Å². The number of likely N-dealkylation sites (tertiary alicyclic amines) is 1. The minimum atomic E-state index is -0.135. The lowest BCUT2D eigenvalue weighted by Gasteiger charge is -2.32. The van der Waals surface area contributed by atoms with Crippen molar-refractivity contribution in [2.75, 3.05) is 26.3 Å². The third-order valence-corrected chi connectivity index (χ3v) is 5.75. The number of hydrogen-bond acceptors (Lipinski definition) is 3. The van der Waals surface area contributed by atoms with E-state index in [4.69, 9.17) is 27.9 Å². The van der Waals surface area contributed by atoms with Crippen LogP contribution in [0.3, 0.4) is 0 Å². The molecule has 2 N–H and O–H groups in total. The maximum absolute atomic E-state index is 12.4. The Morgan fingerprint density at radius 2 is 1.81 bits per heavy atom. The molecule has 27 heavy (non-hydrogen) atoms. The normalized spacial score (nSPS) is 19.0. The van der Waals surface area contributed by atoms with Crippen LogP contribution in [0, 0.1) is 5.92 Å². The molecule has 0 bridgehead atoms. The number of nitrogens with zero attached hydrogens (tertiary/aromatic N) is 1. The van der Waals surface area contributed by atoms with Gasteiger partial charge in [0.2, 0.25) is 5.91 Å². The number of urea groups is 1. The lowest BCUT2D eigenvalue weighted by Crippen LogP contribution is -2.48. The van der Waals surface area contributed by atoms with Gasteiger partial charge in [-0.1, -0.05) is 29.3 Å². The van der Waals surface area contributed by atoms with E-state index in [1.165, 1.54) is 0 Å². The van der Waals surface area contributed by atoms with Crippen molar-refractivity contribution in [2.45, 2.75) is 38.3 Å². The molecule has 0 aliphatic carbocycles. The highest BCUT2D eigenvalue weighted by Crippen LogP contribution is 2.21. The summed E-state index contributed by atoms with van der Waals surface area (Å²) in [5, 5.41) is 7.11. The van der Waals surface area contributed by atoms with E-state index in [-0.39, 0.29) is 23.9 Å². The van der Waals surface area contributed by atoms with E-state index >= 15 is 0 Å². The van der Waals surface area contributed by atoms with Crippen molar-refractivity contribution < 1.29 is 14.3 Å². The summed E-state index contributed by atoms with van der Waals surface area (Å²) in [4.78, 5) is 26.5. The Hall–Kier alpha value is -1.50. The highest BCUT2D eigenvalue weighted by molar-refractivity contribution is 6.35. The summed E-state index contributed by atoms with van der Waals surface area (Å²) in [6.45, 7) is 2.92. The van der Waals surface area contributed by atoms with Gasteiger partial charge in [-0.05, 0) is 43.4 Å². The predicted molar refractivity (Wildman–Crippen MR) is 105 cm³/mol. The summed E-state index contributed by atoms with van der Waals surface area (Å²) in [5.41, 5.74) is 0.820. The SMILES string of the molecule is O=C(NC1CCOCC1)C1CCN(C(=O)NCc2ccc(Cl)cc2Cl)CC1. The molecule has 6 nitrogen and oxygen atoms in total. The second kappa shape index (κ2) is 9.62. The van der Waals surface area contributed by atoms with Crippen LogP contribution in [0.4, 0.5) is 4.79 Å². The lowest BCUT2D eigenvalue weighted by atomic mass is 9.95. The van der Waals surface area contributed by atoms with Crippen molar-refractivity contribution in [3.63, 3.8) is 0 Å². The highest BCUT2D eigenvalue weighted by Gasteiger charge is 2.28. The average Bonchev–Trinajstić information content (AvgIpc) is 2.68. The van der Waals surface area contributed by atoms with Crippen LogP contribution in [0.1, 0.15) is 31.2 Å². The molecule has 8 heteroatoms. The number of amides is 3. The van der Waals surface area contributed by atoms with Crippen LogP contribution in [0.15, 0.2) is 18.2 Å². The second-order valence-corrected chi connectivity index (χ2v) is 7.89. The van der Waals surface area contributed by atoms with Gasteiger partial charge in [-0.15, -0.1) is 0 Å². The number of piperidine rings is 1. The van der Waals surface area contributed by atoms with Crippen molar-refractivity contribution in [2.24, 2.45) is 5.92 Å². The molecule has 3 rings (SSSR count). The fourth-order valence-corrected chi connectivity index (χ4v) is 3.93. The van der Waals surface area contributed by atoms with Gasteiger partial charge in [0.15, 0.2) is 0 Å². The van der Waals surface area contributed by atoms with E-state index in [1.807, 2.05) is 0 Å². The zero-order chi connectivity index (χ0) is 19.2. The van der Waals surface area contributed by atoms with Crippen LogP contribution in [-0.2, 0) is 16.1 Å². The summed E-state index contributed by atoms with van der Waals surface area (Å²) < 4.78 is 5.32. The molecular formula is C19H25Cl2N3O3. The Morgan fingerprint density at radius 1 is 1.11 bits per heavy atom. The molecule has 2 aliphatic heterocycles. The largest absolute Gasteiger partial charge is 0.381 e. The van der Waals surface area contributed by atoms with Crippen molar-refractivity contribution >= 4 is 35.1 Å². The molecule has 1 aromatic carbocycles. The quantitative estimate of drug-likeness (QED) is 0.795. The Balaban J connectivity index is 1.41. The summed E-state index contributed by atoms with van der Waals surface area (Å²) in [7, 11) is 0. The van der Waals surface area contributed by atoms with Crippen molar-refractivity contribution in [3.05, 3.63) is 33.8 Å². The van der Waals surface area contributed by atoms with Crippen LogP contribution >= 0.6 is 23.2 Å². The number of nitrogens with one attached hydrogen (secondary N) is 2. The molecule has 0 spiro atoms. The van der Waals surface area contributed by atoms with Gasteiger partial charge < -0.3 is 20.3 Å². The van der Waals surface area contributed by atoms with Gasteiger partial charge in [0.05, 0.1) is 0 Å². The smallest absolute Gasteiger partial charge is 0.317 e. The summed E-state index contributed by atoms with van der Waals surface area (Å²) >= 11 is 12.0. The molecule has 0 unspecified atom stereocenters. The number of carbonyl (C=O) groups excluding carboxylic acids is 2. The van der Waals surface area contributed by atoms with Gasteiger partial charge in [-0.3, -0.25) is 4.79 Å². The molecular weight excluding hydrogens is 389 g/mol. The minimum Gasteiger partial charge on any atom is -0.381 e. The standard InChI is InChI=1S/C19H25Cl2N3O3/c20-15-2-1-14(17(21)11-15)12-22-19(26)24-7-3-13(4-8-24)18(25)23-16-5-9-27-10-6-16/h1-2,11,13,16H,3-10,12H2,(H,22,26)(H,23,25). The first-order valence-corrected chi connectivity index (χ1v) is 10.1. The number of benzene rings is 1. The molecule has 2 fully saturated rings. The summed E-state index contributed by atoms with van der Waals surface area (Å²) in [5.74, 6) is 0.0810. The molecule has 3 amide bonds. The van der Waals surface area contributed by atoms with Crippen LogP contribution in [0.5, 0.6) is 0 Å². The molecule has 0 saturated carbocycles. The van der Waals surface area contributed by atoms with Gasteiger partial charge in [-0.25, -0.2) is 4.79 Å². The van der Waals surface area contributed by atoms with Crippen molar-refractivity contribution in [1.29, 1.82) is 0 Å². The summed E-state index contributed by atoms with van der Waals surface area (Å²) in [6.07, 6.45) is 3.12. The monoisotopic (exact) mass is 413 g/mol. The number of rotatable bonds is 4. The highest BCUT2D eigenvalue weighted by atomic mass is 35.5. The molecule has 2 saturated heterocycles. The third kappa shape index (κ3) is 5.74.